The number of hydrogen-bond donors (Lipinski definition) is 2. The Kier molecular flexibility index (Phi) is 6.16. The summed E-state index contributed by atoms with van der Waals surface area (Å²) in [6, 6.07) is 7.42. The van der Waals surface area contributed by atoms with Gasteiger partial charge in [0.05, 0.1) is 18.9 Å². The molecule has 2 N–H and O–H groups in total. The van der Waals surface area contributed by atoms with Gasteiger partial charge in [-0.3, -0.25) is 9.89 Å². The zero-order chi connectivity index (χ0) is 17.5. The van der Waals surface area contributed by atoms with Crippen LogP contribution >= 0.6 is 11.8 Å². The largest absolute Gasteiger partial charge is 0.494 e. The van der Waals surface area contributed by atoms with E-state index in [9.17, 15) is 4.79 Å². The minimum atomic E-state index is -0.0573. The maximum absolute atomic E-state index is 11.8. The number of carbonyl (C=O) groups is 1. The molecule has 25 heavy (non-hydrogen) atoms. The van der Waals surface area contributed by atoms with Crippen molar-refractivity contribution in [3.05, 3.63) is 30.1 Å². The van der Waals surface area contributed by atoms with Gasteiger partial charge in [-0.05, 0) is 44.0 Å². The topological polar surface area (TPSA) is 89.1 Å². The molecule has 1 aliphatic carbocycles. The van der Waals surface area contributed by atoms with Crippen LogP contribution in [0, 0.1) is 0 Å². The lowest BCUT2D eigenvalue weighted by Crippen LogP contribution is -2.29. The molecule has 7 nitrogen and oxygen atoms in total. The van der Waals surface area contributed by atoms with Crippen molar-refractivity contribution in [2.24, 2.45) is 0 Å². The minimum Gasteiger partial charge on any atom is -0.494 e. The van der Waals surface area contributed by atoms with Crippen molar-refractivity contribution in [1.82, 2.24) is 20.5 Å². The van der Waals surface area contributed by atoms with E-state index in [4.69, 9.17) is 9.47 Å². The monoisotopic (exact) mass is 362 g/mol. The van der Waals surface area contributed by atoms with Crippen molar-refractivity contribution >= 4 is 17.7 Å². The van der Waals surface area contributed by atoms with Crippen LogP contribution in [0.3, 0.4) is 0 Å². The molecule has 1 aromatic heterocycles. The van der Waals surface area contributed by atoms with E-state index in [1.54, 1.807) is 0 Å². The molecular weight excluding hydrogens is 340 g/mol. The number of benzene rings is 1. The average molecular weight is 362 g/mol. The molecule has 1 aliphatic rings. The van der Waals surface area contributed by atoms with Crippen LogP contribution in [-0.2, 0) is 4.79 Å². The van der Waals surface area contributed by atoms with Crippen LogP contribution in [0.25, 0.3) is 0 Å². The van der Waals surface area contributed by atoms with E-state index in [1.807, 2.05) is 31.2 Å². The fourth-order valence-corrected chi connectivity index (χ4v) is 2.84. The first-order chi connectivity index (χ1) is 12.2. The molecule has 0 aliphatic heterocycles. The van der Waals surface area contributed by atoms with Crippen molar-refractivity contribution in [1.29, 1.82) is 0 Å². The number of hydrogen-bond acceptors (Lipinski definition) is 6. The van der Waals surface area contributed by atoms with Crippen molar-refractivity contribution < 1.29 is 14.3 Å². The van der Waals surface area contributed by atoms with Crippen LogP contribution in [-0.4, -0.2) is 46.6 Å². The third kappa shape index (κ3) is 5.67. The highest BCUT2D eigenvalue weighted by molar-refractivity contribution is 7.99. The van der Waals surface area contributed by atoms with E-state index >= 15 is 0 Å². The normalized spacial score (nSPS) is 13.5. The summed E-state index contributed by atoms with van der Waals surface area (Å²) in [7, 11) is 0. The number of aromatic nitrogens is 3. The molecular formula is C17H22N4O3S. The van der Waals surface area contributed by atoms with Gasteiger partial charge in [0.15, 0.2) is 0 Å². The van der Waals surface area contributed by atoms with Gasteiger partial charge in [-0.15, -0.1) is 5.10 Å². The van der Waals surface area contributed by atoms with E-state index in [0.717, 1.165) is 17.3 Å². The summed E-state index contributed by atoms with van der Waals surface area (Å²) in [5, 5.41) is 10.5. The van der Waals surface area contributed by atoms with Crippen molar-refractivity contribution in [2.45, 2.75) is 30.8 Å². The van der Waals surface area contributed by atoms with Crippen LogP contribution in [0.5, 0.6) is 11.5 Å². The fraction of sp³-hybridized carbons (Fsp3) is 0.471. The molecule has 0 spiro atoms. The van der Waals surface area contributed by atoms with Crippen molar-refractivity contribution in [2.75, 3.05) is 25.5 Å². The lowest BCUT2D eigenvalue weighted by molar-refractivity contribution is -0.118. The van der Waals surface area contributed by atoms with Gasteiger partial charge >= 0.3 is 0 Å². The number of H-pyrrole nitrogens is 1. The lowest BCUT2D eigenvalue weighted by atomic mass is 10.3. The maximum Gasteiger partial charge on any atom is 0.230 e. The number of thioether (sulfide) groups is 1. The second-order valence-corrected chi connectivity index (χ2v) is 6.61. The highest BCUT2D eigenvalue weighted by Gasteiger charge is 2.27. The number of nitrogens with zero attached hydrogens (tertiary/aromatic N) is 2. The van der Waals surface area contributed by atoms with Gasteiger partial charge < -0.3 is 14.8 Å². The molecule has 1 fully saturated rings. The highest BCUT2D eigenvalue weighted by atomic mass is 32.2. The molecule has 2 aromatic rings. The zero-order valence-corrected chi connectivity index (χ0v) is 15.0. The van der Waals surface area contributed by atoms with Gasteiger partial charge in [-0.2, -0.15) is 0 Å². The molecule has 8 heteroatoms. The minimum absolute atomic E-state index is 0.0573. The van der Waals surface area contributed by atoms with Gasteiger partial charge in [0.2, 0.25) is 11.1 Å². The Bertz CT molecular complexity index is 685. The predicted molar refractivity (Wildman–Crippen MR) is 95.2 cm³/mol. The summed E-state index contributed by atoms with van der Waals surface area (Å²) < 4.78 is 11.0. The first-order valence-electron chi connectivity index (χ1n) is 8.42. The average Bonchev–Trinajstić information content (AvgIpc) is 3.37. The van der Waals surface area contributed by atoms with Crippen molar-refractivity contribution in [3.63, 3.8) is 0 Å². The van der Waals surface area contributed by atoms with Crippen LogP contribution < -0.4 is 14.8 Å². The number of nitrogens with one attached hydrogen (secondary N) is 2. The van der Waals surface area contributed by atoms with E-state index in [1.165, 1.54) is 24.6 Å². The Balaban J connectivity index is 1.29. The van der Waals surface area contributed by atoms with E-state index in [2.05, 4.69) is 20.5 Å². The summed E-state index contributed by atoms with van der Waals surface area (Å²) in [6.45, 7) is 3.45. The summed E-state index contributed by atoms with van der Waals surface area (Å²) in [6.07, 6.45) is 2.35. The van der Waals surface area contributed by atoms with Gasteiger partial charge in [0.25, 0.3) is 0 Å². The molecule has 0 atom stereocenters. The molecule has 134 valence electrons. The number of rotatable bonds is 10. The van der Waals surface area contributed by atoms with Crippen LogP contribution in [0.2, 0.25) is 0 Å². The van der Waals surface area contributed by atoms with Gasteiger partial charge in [0, 0.05) is 5.92 Å². The SMILES string of the molecule is CCOc1ccc(OCCNC(=O)CSc2n[nH]c(C3CC3)n2)cc1. The molecule has 1 heterocycles. The Morgan fingerprint density at radius 2 is 2.00 bits per heavy atom. The third-order valence-corrected chi connectivity index (χ3v) is 4.45. The molecule has 0 bridgehead atoms. The van der Waals surface area contributed by atoms with Crippen molar-refractivity contribution in [3.8, 4) is 11.5 Å². The van der Waals surface area contributed by atoms with E-state index in [-0.39, 0.29) is 5.91 Å². The molecule has 1 aromatic carbocycles. The smallest absolute Gasteiger partial charge is 0.230 e. The standard InChI is InChI=1S/C17H22N4O3S/c1-2-23-13-5-7-14(8-6-13)24-10-9-18-15(22)11-25-17-19-16(20-21-17)12-3-4-12/h5-8,12H,2-4,9-11H2,1H3,(H,18,22)(H,19,20,21). The Morgan fingerprint density at radius 3 is 2.68 bits per heavy atom. The first kappa shape index (κ1) is 17.6. The first-order valence-corrected chi connectivity index (χ1v) is 9.40. The molecule has 1 amide bonds. The predicted octanol–water partition coefficient (Wildman–Crippen LogP) is 2.37. The number of aromatic amines is 1. The van der Waals surface area contributed by atoms with E-state index in [0.29, 0.717) is 36.6 Å². The third-order valence-electron chi connectivity index (χ3n) is 3.61. The number of ether oxygens (including phenoxy) is 2. The second-order valence-electron chi connectivity index (χ2n) is 5.67. The number of amides is 1. The Hall–Kier alpha value is -2.22. The summed E-state index contributed by atoms with van der Waals surface area (Å²) >= 11 is 1.33. The van der Waals surface area contributed by atoms with Gasteiger partial charge in [-0.25, -0.2) is 4.98 Å². The summed E-state index contributed by atoms with van der Waals surface area (Å²) in [5.41, 5.74) is 0. The second kappa shape index (κ2) is 8.75. The van der Waals surface area contributed by atoms with E-state index < -0.39 is 0 Å². The van der Waals surface area contributed by atoms with Gasteiger partial charge in [-0.1, -0.05) is 11.8 Å². The van der Waals surface area contributed by atoms with Crippen LogP contribution in [0.4, 0.5) is 0 Å². The molecule has 0 unspecified atom stereocenters. The molecule has 0 radical (unpaired) electrons. The zero-order valence-electron chi connectivity index (χ0n) is 14.2. The highest BCUT2D eigenvalue weighted by Crippen LogP contribution is 2.38. The molecule has 1 saturated carbocycles. The molecule has 0 saturated heterocycles. The quantitative estimate of drug-likeness (QED) is 0.498. The summed E-state index contributed by atoms with van der Waals surface area (Å²) in [5.74, 6) is 3.28. The Labute approximate surface area is 150 Å². The van der Waals surface area contributed by atoms with Gasteiger partial charge in [0.1, 0.15) is 23.9 Å². The molecule has 3 rings (SSSR count). The fourth-order valence-electron chi connectivity index (χ4n) is 2.20. The summed E-state index contributed by atoms with van der Waals surface area (Å²) in [4.78, 5) is 16.2. The van der Waals surface area contributed by atoms with Crippen LogP contribution in [0.1, 0.15) is 31.5 Å². The Morgan fingerprint density at radius 1 is 1.28 bits per heavy atom. The van der Waals surface area contributed by atoms with Crippen LogP contribution in [0.15, 0.2) is 29.4 Å². The number of carbonyl (C=O) groups excluding carboxylic acids is 1. The lowest BCUT2D eigenvalue weighted by Gasteiger charge is -2.08. The maximum atomic E-state index is 11.8.